The lowest BCUT2D eigenvalue weighted by atomic mass is 9.93. The lowest BCUT2D eigenvalue weighted by Gasteiger charge is -2.37. The van der Waals surface area contributed by atoms with Crippen LogP contribution in [0.5, 0.6) is 5.75 Å². The third-order valence-corrected chi connectivity index (χ3v) is 5.22. The molecule has 1 aromatic carbocycles. The highest BCUT2D eigenvalue weighted by molar-refractivity contribution is 6.32. The zero-order valence-electron chi connectivity index (χ0n) is 13.8. The molecule has 3 rings (SSSR count). The lowest BCUT2D eigenvalue weighted by Crippen LogP contribution is -2.50. The Balaban J connectivity index is 1.51. The molecule has 4 nitrogen and oxygen atoms in total. The fourth-order valence-corrected chi connectivity index (χ4v) is 3.59. The molecule has 2 atom stereocenters. The monoisotopic (exact) mass is 336 g/mol. The molecular formula is C18H25ClN2O2. The number of piperidine rings is 1. The summed E-state index contributed by atoms with van der Waals surface area (Å²) in [6, 6.07) is 6.33. The second kappa shape index (κ2) is 7.10. The van der Waals surface area contributed by atoms with Gasteiger partial charge in [-0.25, -0.2) is 0 Å². The molecule has 1 N–H and O–H groups in total. The number of likely N-dealkylation sites (tertiary alicyclic amines) is 1. The van der Waals surface area contributed by atoms with Crippen LogP contribution in [0.15, 0.2) is 18.2 Å². The summed E-state index contributed by atoms with van der Waals surface area (Å²) < 4.78 is 5.18. The first-order valence-corrected chi connectivity index (χ1v) is 8.81. The van der Waals surface area contributed by atoms with Crippen LogP contribution < -0.4 is 10.1 Å². The van der Waals surface area contributed by atoms with Crippen LogP contribution in [0.1, 0.15) is 31.7 Å². The number of nitrogens with zero attached hydrogens (tertiary/aromatic N) is 1. The van der Waals surface area contributed by atoms with Gasteiger partial charge in [-0.05, 0) is 42.9 Å². The van der Waals surface area contributed by atoms with Crippen molar-refractivity contribution in [3.8, 4) is 5.75 Å². The number of carbonyl (C=O) groups is 1. The highest BCUT2D eigenvalue weighted by atomic mass is 35.5. The normalized spacial score (nSPS) is 24.6. The molecule has 0 unspecified atom stereocenters. The van der Waals surface area contributed by atoms with E-state index in [4.69, 9.17) is 16.3 Å². The molecule has 0 radical (unpaired) electrons. The summed E-state index contributed by atoms with van der Waals surface area (Å²) in [7, 11) is 1.62. The van der Waals surface area contributed by atoms with Crippen molar-refractivity contribution in [3.63, 3.8) is 0 Å². The highest BCUT2D eigenvalue weighted by Crippen LogP contribution is 2.32. The van der Waals surface area contributed by atoms with E-state index in [1.54, 1.807) is 7.11 Å². The molecule has 0 bridgehead atoms. The second-order valence-corrected chi connectivity index (χ2v) is 7.19. The van der Waals surface area contributed by atoms with Crippen molar-refractivity contribution >= 4 is 17.5 Å². The van der Waals surface area contributed by atoms with E-state index in [-0.39, 0.29) is 0 Å². The summed E-state index contributed by atoms with van der Waals surface area (Å²) in [5.74, 6) is 1.88. The summed E-state index contributed by atoms with van der Waals surface area (Å²) in [4.78, 5) is 14.2. The third kappa shape index (κ3) is 3.99. The molecule has 1 aliphatic carbocycles. The molecule has 23 heavy (non-hydrogen) atoms. The minimum Gasteiger partial charge on any atom is -0.495 e. The van der Waals surface area contributed by atoms with Crippen molar-refractivity contribution in [3.05, 3.63) is 28.8 Å². The number of amides is 1. The number of benzene rings is 1. The maximum atomic E-state index is 12.2. The van der Waals surface area contributed by atoms with Gasteiger partial charge in [-0.15, -0.1) is 0 Å². The van der Waals surface area contributed by atoms with Crippen LogP contribution >= 0.6 is 11.6 Å². The van der Waals surface area contributed by atoms with Gasteiger partial charge in [-0.2, -0.15) is 0 Å². The number of ether oxygens (including phenoxy) is 1. The van der Waals surface area contributed by atoms with E-state index >= 15 is 0 Å². The van der Waals surface area contributed by atoms with Crippen LogP contribution in [0.3, 0.4) is 0 Å². The SMILES string of the molecule is COc1ccc(CN[C@H]2CCN(C(=O)C3CC3)C[C@@H]2C)cc1Cl. The first-order chi connectivity index (χ1) is 11.1. The van der Waals surface area contributed by atoms with E-state index in [9.17, 15) is 4.79 Å². The quantitative estimate of drug-likeness (QED) is 0.898. The smallest absolute Gasteiger partial charge is 0.225 e. The van der Waals surface area contributed by atoms with E-state index in [2.05, 4.69) is 17.1 Å². The maximum absolute atomic E-state index is 12.2. The van der Waals surface area contributed by atoms with Crippen LogP contribution in [0, 0.1) is 11.8 Å². The van der Waals surface area contributed by atoms with E-state index in [1.807, 2.05) is 18.2 Å². The highest BCUT2D eigenvalue weighted by Gasteiger charge is 2.36. The average molecular weight is 337 g/mol. The average Bonchev–Trinajstić information content (AvgIpc) is 3.38. The van der Waals surface area contributed by atoms with Gasteiger partial charge in [-0.3, -0.25) is 4.79 Å². The van der Waals surface area contributed by atoms with Crippen LogP contribution in [0.4, 0.5) is 0 Å². The van der Waals surface area contributed by atoms with Crippen LogP contribution in [0.2, 0.25) is 5.02 Å². The van der Waals surface area contributed by atoms with E-state index in [0.29, 0.717) is 34.6 Å². The van der Waals surface area contributed by atoms with E-state index in [1.165, 1.54) is 0 Å². The lowest BCUT2D eigenvalue weighted by molar-refractivity contribution is -0.134. The van der Waals surface area contributed by atoms with Gasteiger partial charge in [0.15, 0.2) is 0 Å². The van der Waals surface area contributed by atoms with E-state index < -0.39 is 0 Å². The van der Waals surface area contributed by atoms with Crippen molar-refractivity contribution in [1.82, 2.24) is 10.2 Å². The van der Waals surface area contributed by atoms with Crippen LogP contribution in [-0.2, 0) is 11.3 Å². The van der Waals surface area contributed by atoms with Gasteiger partial charge < -0.3 is 15.0 Å². The van der Waals surface area contributed by atoms with E-state index in [0.717, 1.165) is 44.5 Å². The van der Waals surface area contributed by atoms with Crippen molar-refractivity contribution in [1.29, 1.82) is 0 Å². The predicted octanol–water partition coefficient (Wildman–Crippen LogP) is 3.09. The first kappa shape index (κ1) is 16.6. The molecule has 1 aromatic rings. The van der Waals surface area contributed by atoms with Crippen molar-refractivity contribution < 1.29 is 9.53 Å². The van der Waals surface area contributed by atoms with Gasteiger partial charge >= 0.3 is 0 Å². The Morgan fingerprint density at radius 2 is 2.17 bits per heavy atom. The number of methoxy groups -OCH3 is 1. The molecule has 2 fully saturated rings. The van der Waals surface area contributed by atoms with Crippen molar-refractivity contribution in [2.75, 3.05) is 20.2 Å². The molecular weight excluding hydrogens is 312 g/mol. The number of carbonyl (C=O) groups excluding carboxylic acids is 1. The number of nitrogens with one attached hydrogen (secondary N) is 1. The maximum Gasteiger partial charge on any atom is 0.225 e. The molecule has 1 amide bonds. The Bertz CT molecular complexity index is 574. The third-order valence-electron chi connectivity index (χ3n) is 4.93. The Kier molecular flexibility index (Phi) is 5.12. The summed E-state index contributed by atoms with van der Waals surface area (Å²) >= 11 is 6.17. The first-order valence-electron chi connectivity index (χ1n) is 8.43. The summed E-state index contributed by atoms with van der Waals surface area (Å²) in [6.07, 6.45) is 3.19. The molecule has 0 spiro atoms. The zero-order valence-corrected chi connectivity index (χ0v) is 14.6. The molecule has 0 aromatic heterocycles. The van der Waals surface area contributed by atoms with Gasteiger partial charge in [0.05, 0.1) is 12.1 Å². The van der Waals surface area contributed by atoms with Gasteiger partial charge in [0.1, 0.15) is 5.75 Å². The van der Waals surface area contributed by atoms with Crippen molar-refractivity contribution in [2.24, 2.45) is 11.8 Å². The Morgan fingerprint density at radius 1 is 1.39 bits per heavy atom. The Morgan fingerprint density at radius 3 is 2.78 bits per heavy atom. The van der Waals surface area contributed by atoms with Gasteiger partial charge in [0.25, 0.3) is 0 Å². The standard InChI is InChI=1S/C18H25ClN2O2/c1-12-11-21(18(22)14-4-5-14)8-7-16(12)20-10-13-3-6-17(23-2)15(19)9-13/h3,6,9,12,14,16,20H,4-5,7-8,10-11H2,1-2H3/t12-,16-/m0/s1. The predicted molar refractivity (Wildman–Crippen MR) is 91.7 cm³/mol. The number of hydrogen-bond donors (Lipinski definition) is 1. The minimum atomic E-state index is 0.327. The summed E-state index contributed by atoms with van der Waals surface area (Å²) in [5, 5.41) is 4.26. The van der Waals surface area contributed by atoms with Gasteiger partial charge in [-0.1, -0.05) is 24.6 Å². The molecule has 1 aliphatic heterocycles. The minimum absolute atomic E-state index is 0.327. The molecule has 1 saturated carbocycles. The van der Waals surface area contributed by atoms with Crippen LogP contribution in [0.25, 0.3) is 0 Å². The molecule has 126 valence electrons. The molecule has 1 saturated heterocycles. The zero-order chi connectivity index (χ0) is 16.4. The molecule has 5 heteroatoms. The fourth-order valence-electron chi connectivity index (χ4n) is 3.31. The Hall–Kier alpha value is -1.26. The van der Waals surface area contributed by atoms with Crippen LogP contribution in [-0.4, -0.2) is 37.0 Å². The molecule has 1 heterocycles. The number of halogens is 1. The van der Waals surface area contributed by atoms with Gasteiger partial charge in [0.2, 0.25) is 5.91 Å². The summed E-state index contributed by atoms with van der Waals surface area (Å²) in [6.45, 7) is 4.76. The van der Waals surface area contributed by atoms with Crippen molar-refractivity contribution in [2.45, 2.75) is 38.8 Å². The largest absolute Gasteiger partial charge is 0.495 e. The fraction of sp³-hybridized carbons (Fsp3) is 0.611. The van der Waals surface area contributed by atoms with Gasteiger partial charge in [0, 0.05) is 31.6 Å². The Labute approximate surface area is 143 Å². The number of hydrogen-bond acceptors (Lipinski definition) is 3. The molecule has 2 aliphatic rings. The topological polar surface area (TPSA) is 41.6 Å². The number of rotatable bonds is 5. The summed E-state index contributed by atoms with van der Waals surface area (Å²) in [5.41, 5.74) is 1.15. The second-order valence-electron chi connectivity index (χ2n) is 6.78.